The lowest BCUT2D eigenvalue weighted by Gasteiger charge is -2.33. The van der Waals surface area contributed by atoms with Crippen molar-refractivity contribution in [3.05, 3.63) is 0 Å². The van der Waals surface area contributed by atoms with Crippen LogP contribution in [0.4, 0.5) is 0 Å². The Bertz CT molecular complexity index is 322. The van der Waals surface area contributed by atoms with Gasteiger partial charge >= 0.3 is 5.97 Å². The molecule has 2 rings (SSSR count). The minimum atomic E-state index is -0.785. The van der Waals surface area contributed by atoms with Crippen molar-refractivity contribution < 1.29 is 9.90 Å². The molecule has 0 radical (unpaired) electrons. The van der Waals surface area contributed by atoms with Crippen molar-refractivity contribution in [2.75, 3.05) is 0 Å². The number of carboxylic acids is 1. The summed E-state index contributed by atoms with van der Waals surface area (Å²) in [6, 6.07) is 0. The summed E-state index contributed by atoms with van der Waals surface area (Å²) >= 11 is 0. The zero-order valence-electron chi connectivity index (χ0n) is 8.58. The Hall–Kier alpha value is -1.06. The molecule has 0 spiro atoms. The van der Waals surface area contributed by atoms with E-state index in [9.17, 15) is 9.90 Å². The lowest BCUT2D eigenvalue weighted by atomic mass is 9.69. The first-order chi connectivity index (χ1) is 6.46. The monoisotopic (exact) mass is 196 g/mol. The minimum Gasteiger partial charge on any atom is -0.481 e. The van der Waals surface area contributed by atoms with Gasteiger partial charge < -0.3 is 10.9 Å². The SMILES string of the molecule is CC1(C)C2CCC1(C(=O)O)/C(=N/N)C2. The Morgan fingerprint density at radius 3 is 2.64 bits per heavy atom. The van der Waals surface area contributed by atoms with Crippen molar-refractivity contribution >= 4 is 11.7 Å². The zero-order valence-corrected chi connectivity index (χ0v) is 8.58. The van der Waals surface area contributed by atoms with Crippen LogP contribution in [0, 0.1) is 16.7 Å². The highest BCUT2D eigenvalue weighted by Gasteiger charge is 2.67. The van der Waals surface area contributed by atoms with Gasteiger partial charge in [-0.05, 0) is 30.6 Å². The van der Waals surface area contributed by atoms with E-state index in [1.54, 1.807) is 0 Å². The van der Waals surface area contributed by atoms with E-state index in [0.717, 1.165) is 12.8 Å². The van der Waals surface area contributed by atoms with Gasteiger partial charge in [-0.1, -0.05) is 13.8 Å². The molecule has 2 fully saturated rings. The van der Waals surface area contributed by atoms with Crippen LogP contribution in [0.1, 0.15) is 33.1 Å². The summed E-state index contributed by atoms with van der Waals surface area (Å²) in [5.41, 5.74) is -0.296. The number of hydrogen-bond acceptors (Lipinski definition) is 3. The third-order valence-corrected chi connectivity index (χ3v) is 4.44. The van der Waals surface area contributed by atoms with E-state index in [1.165, 1.54) is 0 Å². The predicted octanol–water partition coefficient (Wildman–Crippen LogP) is 1.21. The Morgan fingerprint density at radius 1 is 1.64 bits per heavy atom. The van der Waals surface area contributed by atoms with Crippen molar-refractivity contribution in [2.24, 2.45) is 27.7 Å². The second-order valence-corrected chi connectivity index (χ2v) is 4.95. The largest absolute Gasteiger partial charge is 0.481 e. The van der Waals surface area contributed by atoms with Crippen LogP contribution in [0.25, 0.3) is 0 Å². The maximum atomic E-state index is 11.4. The van der Waals surface area contributed by atoms with E-state index >= 15 is 0 Å². The van der Waals surface area contributed by atoms with E-state index in [1.807, 2.05) is 13.8 Å². The normalized spacial score (nSPS) is 41.9. The fraction of sp³-hybridized carbons (Fsp3) is 0.800. The van der Waals surface area contributed by atoms with Gasteiger partial charge in [0.1, 0.15) is 5.41 Å². The third kappa shape index (κ3) is 0.751. The van der Waals surface area contributed by atoms with Crippen LogP contribution < -0.4 is 5.84 Å². The maximum absolute atomic E-state index is 11.4. The molecule has 0 aromatic rings. The van der Waals surface area contributed by atoms with Crippen molar-refractivity contribution in [3.8, 4) is 0 Å². The predicted molar refractivity (Wildman–Crippen MR) is 52.8 cm³/mol. The van der Waals surface area contributed by atoms with Gasteiger partial charge in [-0.15, -0.1) is 0 Å². The van der Waals surface area contributed by atoms with E-state index in [4.69, 9.17) is 5.84 Å². The van der Waals surface area contributed by atoms with Crippen LogP contribution >= 0.6 is 0 Å². The molecule has 2 bridgehead atoms. The first kappa shape index (κ1) is 9.49. The number of fused-ring (bicyclic) bond motifs is 2. The first-order valence-corrected chi connectivity index (χ1v) is 4.97. The fourth-order valence-corrected chi connectivity index (χ4v) is 3.37. The summed E-state index contributed by atoms with van der Waals surface area (Å²) in [6.07, 6.45) is 2.43. The van der Waals surface area contributed by atoms with Crippen LogP contribution in [0.3, 0.4) is 0 Å². The molecule has 0 heterocycles. The summed E-state index contributed by atoms with van der Waals surface area (Å²) < 4.78 is 0. The highest BCUT2D eigenvalue weighted by Crippen LogP contribution is 2.64. The number of nitrogens with two attached hydrogens (primary N) is 1. The Balaban J connectivity index is 2.57. The number of carbonyl (C=O) groups is 1. The standard InChI is InChI=1S/C10H16N2O2/c1-9(2)6-3-4-10(9,8(13)14)7(5-6)12-11/h6H,3-5,11H2,1-2H3,(H,13,14)/b12-7+. The number of nitrogens with zero attached hydrogens (tertiary/aromatic N) is 1. The van der Waals surface area contributed by atoms with Crippen molar-refractivity contribution in [1.82, 2.24) is 0 Å². The van der Waals surface area contributed by atoms with Crippen molar-refractivity contribution in [1.29, 1.82) is 0 Å². The molecule has 2 unspecified atom stereocenters. The molecule has 3 N–H and O–H groups in total. The van der Waals surface area contributed by atoms with Gasteiger partial charge in [-0.2, -0.15) is 5.10 Å². The van der Waals surface area contributed by atoms with Gasteiger partial charge in [0, 0.05) is 0 Å². The van der Waals surface area contributed by atoms with E-state index in [0.29, 0.717) is 18.1 Å². The summed E-state index contributed by atoms with van der Waals surface area (Å²) in [5.74, 6) is 4.96. The summed E-state index contributed by atoms with van der Waals surface area (Å²) in [5, 5.41) is 13.1. The second-order valence-electron chi connectivity index (χ2n) is 4.95. The molecule has 0 saturated heterocycles. The minimum absolute atomic E-state index is 0.197. The zero-order chi connectivity index (χ0) is 10.6. The molecule has 0 amide bonds. The average molecular weight is 196 g/mol. The molecule has 4 nitrogen and oxygen atoms in total. The van der Waals surface area contributed by atoms with E-state index < -0.39 is 11.4 Å². The van der Waals surface area contributed by atoms with Gasteiger partial charge in [0.15, 0.2) is 0 Å². The maximum Gasteiger partial charge on any atom is 0.316 e. The first-order valence-electron chi connectivity index (χ1n) is 4.97. The van der Waals surface area contributed by atoms with E-state index in [-0.39, 0.29) is 5.41 Å². The Labute approximate surface area is 83.2 Å². The quantitative estimate of drug-likeness (QED) is 0.489. The molecule has 0 aromatic heterocycles. The molecule has 78 valence electrons. The lowest BCUT2D eigenvalue weighted by molar-refractivity contribution is -0.148. The Morgan fingerprint density at radius 2 is 2.29 bits per heavy atom. The smallest absolute Gasteiger partial charge is 0.316 e. The highest BCUT2D eigenvalue weighted by atomic mass is 16.4. The Kier molecular flexibility index (Phi) is 1.69. The molecular weight excluding hydrogens is 180 g/mol. The summed E-state index contributed by atoms with van der Waals surface area (Å²) in [6.45, 7) is 4.05. The summed E-state index contributed by atoms with van der Waals surface area (Å²) in [7, 11) is 0. The highest BCUT2D eigenvalue weighted by molar-refractivity contribution is 6.09. The van der Waals surface area contributed by atoms with Crippen molar-refractivity contribution in [2.45, 2.75) is 33.1 Å². The third-order valence-electron chi connectivity index (χ3n) is 4.44. The van der Waals surface area contributed by atoms with Gasteiger partial charge in [0.25, 0.3) is 0 Å². The molecule has 14 heavy (non-hydrogen) atoms. The molecule has 2 aliphatic carbocycles. The number of rotatable bonds is 1. The lowest BCUT2D eigenvalue weighted by Crippen LogP contribution is -2.43. The molecular formula is C10H16N2O2. The van der Waals surface area contributed by atoms with Crippen LogP contribution in [0.2, 0.25) is 0 Å². The van der Waals surface area contributed by atoms with Crippen LogP contribution in [0.5, 0.6) is 0 Å². The number of carboxylic acid groups (broad SMARTS) is 1. The van der Waals surface area contributed by atoms with Gasteiger partial charge in [-0.3, -0.25) is 4.79 Å². The topological polar surface area (TPSA) is 75.7 Å². The molecule has 4 heteroatoms. The van der Waals surface area contributed by atoms with Crippen LogP contribution in [-0.4, -0.2) is 16.8 Å². The number of hydrogen-bond donors (Lipinski definition) is 2. The van der Waals surface area contributed by atoms with Gasteiger partial charge in [0.2, 0.25) is 0 Å². The number of aliphatic carboxylic acids is 1. The second kappa shape index (κ2) is 2.49. The average Bonchev–Trinajstić information content (AvgIpc) is 2.51. The molecule has 0 aromatic carbocycles. The van der Waals surface area contributed by atoms with Gasteiger partial charge in [0.05, 0.1) is 5.71 Å². The van der Waals surface area contributed by atoms with E-state index in [2.05, 4.69) is 5.10 Å². The summed E-state index contributed by atoms with van der Waals surface area (Å²) in [4.78, 5) is 11.4. The van der Waals surface area contributed by atoms with Gasteiger partial charge in [-0.25, -0.2) is 0 Å². The fourth-order valence-electron chi connectivity index (χ4n) is 3.37. The molecule has 2 saturated carbocycles. The van der Waals surface area contributed by atoms with Crippen LogP contribution in [0.15, 0.2) is 5.10 Å². The number of hydrazone groups is 1. The molecule has 0 aliphatic heterocycles. The molecule has 2 atom stereocenters. The van der Waals surface area contributed by atoms with Crippen molar-refractivity contribution in [3.63, 3.8) is 0 Å². The molecule has 2 aliphatic rings. The van der Waals surface area contributed by atoms with Crippen LogP contribution in [-0.2, 0) is 4.79 Å².